The molecule has 0 aliphatic carbocycles. The minimum atomic E-state index is -4.16. The van der Waals surface area contributed by atoms with E-state index < -0.39 is 10.1 Å². The Kier molecular flexibility index (Phi) is 9.37. The maximum Gasteiger partial charge on any atom is 0.294 e. The highest BCUT2D eigenvalue weighted by molar-refractivity contribution is 7.85. The summed E-state index contributed by atoms with van der Waals surface area (Å²) in [6.45, 7) is 6.48. The summed E-state index contributed by atoms with van der Waals surface area (Å²) in [5.74, 6) is 0.724. The molecule has 4 nitrogen and oxygen atoms in total. The van der Waals surface area contributed by atoms with E-state index in [9.17, 15) is 8.42 Å². The number of unbranched alkanes of at least 4 members (excludes halogenated alkanes) is 8. The summed E-state index contributed by atoms with van der Waals surface area (Å²) in [5, 5.41) is 0. The van der Waals surface area contributed by atoms with Gasteiger partial charge in [0, 0.05) is 0 Å². The van der Waals surface area contributed by atoms with Crippen molar-refractivity contribution in [3.8, 4) is 5.75 Å². The zero-order valence-electron chi connectivity index (χ0n) is 15.3. The Hall–Kier alpha value is -1.07. The molecule has 0 atom stereocenters. The summed E-state index contributed by atoms with van der Waals surface area (Å²) < 4.78 is 37.4. The Bertz CT molecular complexity index is 570. The maximum absolute atomic E-state index is 11.2. The first-order valence-corrected chi connectivity index (χ1v) is 10.5. The molecule has 0 spiro atoms. The topological polar surface area (TPSA) is 63.6 Å². The highest BCUT2D eigenvalue weighted by Crippen LogP contribution is 2.27. The molecule has 0 unspecified atom stereocenters. The summed E-state index contributed by atoms with van der Waals surface area (Å²) in [5.41, 5.74) is 1.47. The van der Waals surface area contributed by atoms with Crippen LogP contribution in [-0.2, 0) is 10.1 Å². The standard InChI is InChI=1S/C19H32O4S/c1-4-5-6-7-8-9-10-11-12-13-23-19-16(2)14-18(15-17(19)3)24(20,21)22/h14-15H,4-13H2,1-3H3,(H,20,21,22). The van der Waals surface area contributed by atoms with E-state index >= 15 is 0 Å². The van der Waals surface area contributed by atoms with Crippen LogP contribution in [-0.4, -0.2) is 19.6 Å². The van der Waals surface area contributed by atoms with Crippen LogP contribution in [0.2, 0.25) is 0 Å². The van der Waals surface area contributed by atoms with Crippen LogP contribution >= 0.6 is 0 Å². The van der Waals surface area contributed by atoms with Gasteiger partial charge in [-0.05, 0) is 43.5 Å². The lowest BCUT2D eigenvalue weighted by atomic mass is 10.1. The van der Waals surface area contributed by atoms with Gasteiger partial charge in [0.15, 0.2) is 0 Å². The lowest BCUT2D eigenvalue weighted by Crippen LogP contribution is -2.04. The molecule has 0 aliphatic rings. The Labute approximate surface area is 147 Å². The molecule has 0 radical (unpaired) electrons. The van der Waals surface area contributed by atoms with Gasteiger partial charge in [-0.1, -0.05) is 58.3 Å². The largest absolute Gasteiger partial charge is 0.493 e. The van der Waals surface area contributed by atoms with Gasteiger partial charge in [0.25, 0.3) is 10.1 Å². The van der Waals surface area contributed by atoms with Gasteiger partial charge in [-0.2, -0.15) is 8.42 Å². The zero-order chi connectivity index (χ0) is 18.0. The van der Waals surface area contributed by atoms with E-state index in [4.69, 9.17) is 9.29 Å². The Balaban J connectivity index is 2.29. The summed E-state index contributed by atoms with van der Waals surface area (Å²) in [7, 11) is -4.16. The van der Waals surface area contributed by atoms with Crippen LogP contribution in [0.3, 0.4) is 0 Å². The number of hydrogen-bond donors (Lipinski definition) is 1. The van der Waals surface area contributed by atoms with E-state index in [0.29, 0.717) is 6.61 Å². The summed E-state index contributed by atoms with van der Waals surface area (Å²) in [4.78, 5) is -0.0760. The molecule has 0 saturated heterocycles. The van der Waals surface area contributed by atoms with Crippen LogP contribution in [0.1, 0.15) is 75.8 Å². The number of ether oxygens (including phenoxy) is 1. The second kappa shape index (κ2) is 10.7. The van der Waals surface area contributed by atoms with Crippen molar-refractivity contribution in [2.24, 2.45) is 0 Å². The van der Waals surface area contributed by atoms with Crippen molar-refractivity contribution >= 4 is 10.1 Å². The van der Waals surface area contributed by atoms with Crippen LogP contribution < -0.4 is 4.74 Å². The van der Waals surface area contributed by atoms with Crippen molar-refractivity contribution in [2.45, 2.75) is 83.5 Å². The van der Waals surface area contributed by atoms with Crippen LogP contribution in [0.5, 0.6) is 5.75 Å². The highest BCUT2D eigenvalue weighted by atomic mass is 32.2. The molecule has 0 heterocycles. The molecular formula is C19H32O4S. The molecule has 1 rings (SSSR count). The molecule has 0 bridgehead atoms. The first-order valence-electron chi connectivity index (χ1n) is 9.07. The minimum Gasteiger partial charge on any atom is -0.493 e. The number of aryl methyl sites for hydroxylation is 2. The fraction of sp³-hybridized carbons (Fsp3) is 0.684. The Morgan fingerprint density at radius 3 is 1.79 bits per heavy atom. The quantitative estimate of drug-likeness (QED) is 0.399. The molecule has 138 valence electrons. The van der Waals surface area contributed by atoms with Gasteiger partial charge >= 0.3 is 0 Å². The van der Waals surface area contributed by atoms with Crippen molar-refractivity contribution < 1.29 is 17.7 Å². The van der Waals surface area contributed by atoms with Crippen molar-refractivity contribution in [1.82, 2.24) is 0 Å². The molecule has 0 saturated carbocycles. The predicted octanol–water partition coefficient (Wildman–Crippen LogP) is 5.46. The van der Waals surface area contributed by atoms with Gasteiger partial charge < -0.3 is 4.74 Å². The third kappa shape index (κ3) is 7.67. The van der Waals surface area contributed by atoms with Gasteiger partial charge in [-0.25, -0.2) is 0 Å². The third-order valence-corrected chi connectivity index (χ3v) is 5.06. The average molecular weight is 357 g/mol. The van der Waals surface area contributed by atoms with Crippen LogP contribution in [0.4, 0.5) is 0 Å². The van der Waals surface area contributed by atoms with E-state index in [0.717, 1.165) is 29.7 Å². The second-order valence-electron chi connectivity index (χ2n) is 6.54. The van der Waals surface area contributed by atoms with E-state index in [-0.39, 0.29) is 4.90 Å². The van der Waals surface area contributed by atoms with Crippen molar-refractivity contribution in [1.29, 1.82) is 0 Å². The molecule has 5 heteroatoms. The van der Waals surface area contributed by atoms with E-state index in [1.54, 1.807) is 13.8 Å². The minimum absolute atomic E-state index is 0.0760. The van der Waals surface area contributed by atoms with Crippen LogP contribution in [0.25, 0.3) is 0 Å². The first-order chi connectivity index (χ1) is 11.4. The molecular weight excluding hydrogens is 324 g/mol. The highest BCUT2D eigenvalue weighted by Gasteiger charge is 2.14. The molecule has 1 aromatic rings. The lowest BCUT2D eigenvalue weighted by Gasteiger charge is -2.13. The SMILES string of the molecule is CCCCCCCCCCCOc1c(C)cc(S(=O)(=O)O)cc1C. The lowest BCUT2D eigenvalue weighted by molar-refractivity contribution is 0.300. The molecule has 1 N–H and O–H groups in total. The Morgan fingerprint density at radius 2 is 1.33 bits per heavy atom. The fourth-order valence-electron chi connectivity index (χ4n) is 2.87. The smallest absolute Gasteiger partial charge is 0.294 e. The monoisotopic (exact) mass is 356 g/mol. The maximum atomic E-state index is 11.2. The molecule has 0 aliphatic heterocycles. The fourth-order valence-corrected chi connectivity index (χ4v) is 3.53. The molecule has 1 aromatic carbocycles. The Morgan fingerprint density at radius 1 is 0.875 bits per heavy atom. The van der Waals surface area contributed by atoms with Gasteiger partial charge in [-0.3, -0.25) is 4.55 Å². The van der Waals surface area contributed by atoms with Gasteiger partial charge in [0.2, 0.25) is 0 Å². The number of benzene rings is 1. The van der Waals surface area contributed by atoms with Crippen LogP contribution in [0.15, 0.2) is 17.0 Å². The first kappa shape index (κ1) is 21.0. The molecule has 24 heavy (non-hydrogen) atoms. The van der Waals surface area contributed by atoms with Crippen molar-refractivity contribution in [2.75, 3.05) is 6.61 Å². The average Bonchev–Trinajstić information content (AvgIpc) is 2.50. The van der Waals surface area contributed by atoms with Gasteiger partial charge in [0.05, 0.1) is 11.5 Å². The third-order valence-electron chi connectivity index (χ3n) is 4.23. The zero-order valence-corrected chi connectivity index (χ0v) is 16.1. The summed E-state index contributed by atoms with van der Waals surface area (Å²) in [6, 6.07) is 2.90. The van der Waals surface area contributed by atoms with Crippen molar-refractivity contribution in [3.05, 3.63) is 23.3 Å². The molecule has 0 aromatic heterocycles. The van der Waals surface area contributed by atoms with Gasteiger partial charge in [-0.15, -0.1) is 0 Å². The predicted molar refractivity (Wildman–Crippen MR) is 98.5 cm³/mol. The van der Waals surface area contributed by atoms with E-state index in [1.807, 2.05) is 0 Å². The summed E-state index contributed by atoms with van der Waals surface area (Å²) >= 11 is 0. The van der Waals surface area contributed by atoms with Crippen LogP contribution in [0, 0.1) is 13.8 Å². The van der Waals surface area contributed by atoms with Gasteiger partial charge in [0.1, 0.15) is 5.75 Å². The molecule has 0 amide bonds. The second-order valence-corrected chi connectivity index (χ2v) is 7.96. The summed E-state index contributed by atoms with van der Waals surface area (Å²) in [6.07, 6.45) is 11.4. The normalized spacial score (nSPS) is 11.7. The van der Waals surface area contributed by atoms with E-state index in [2.05, 4.69) is 6.92 Å². The van der Waals surface area contributed by atoms with E-state index in [1.165, 1.54) is 57.1 Å². The number of rotatable bonds is 12. The van der Waals surface area contributed by atoms with Crippen molar-refractivity contribution in [3.63, 3.8) is 0 Å². The number of hydrogen-bond acceptors (Lipinski definition) is 3. The molecule has 0 fully saturated rings.